The van der Waals surface area contributed by atoms with Crippen LogP contribution in [0.3, 0.4) is 0 Å². The monoisotopic (exact) mass is 245 g/mol. The molecule has 1 atom stereocenters. The van der Waals surface area contributed by atoms with Gasteiger partial charge in [0.1, 0.15) is 5.84 Å². The lowest BCUT2D eigenvalue weighted by atomic mass is 10.0. The highest BCUT2D eigenvalue weighted by Crippen LogP contribution is 2.13. The number of nitrogens with one attached hydrogen (secondary N) is 1. The van der Waals surface area contributed by atoms with Gasteiger partial charge in [-0.2, -0.15) is 0 Å². The van der Waals surface area contributed by atoms with Gasteiger partial charge in [0.05, 0.1) is 12.0 Å². The number of hydrogen-bond acceptors (Lipinski definition) is 4. The van der Waals surface area contributed by atoms with Crippen LogP contribution in [0.1, 0.15) is 40.0 Å². The first-order valence-electron chi connectivity index (χ1n) is 5.65. The Morgan fingerprint density at radius 3 is 2.59 bits per heavy atom. The van der Waals surface area contributed by atoms with Crippen LogP contribution >= 0.6 is 0 Å². The van der Waals surface area contributed by atoms with Crippen molar-refractivity contribution < 1.29 is 14.7 Å². The number of carbonyl (C=O) groups excluding carboxylic acids is 1. The van der Waals surface area contributed by atoms with Crippen LogP contribution in [0.4, 0.5) is 0 Å². The number of ether oxygens (including phenoxy) is 1. The van der Waals surface area contributed by atoms with Crippen LogP contribution in [0.5, 0.6) is 0 Å². The molecule has 100 valence electrons. The SMILES string of the molecule is CCC(CC(N)=NO)NC(=O)CC(C)(C)OC. The van der Waals surface area contributed by atoms with Gasteiger partial charge in [-0.1, -0.05) is 12.1 Å². The molecule has 6 heteroatoms. The van der Waals surface area contributed by atoms with Crippen molar-refractivity contribution in [3.63, 3.8) is 0 Å². The van der Waals surface area contributed by atoms with Gasteiger partial charge in [0, 0.05) is 19.6 Å². The summed E-state index contributed by atoms with van der Waals surface area (Å²) in [5.74, 6) is 0.0117. The van der Waals surface area contributed by atoms with E-state index in [2.05, 4.69) is 10.5 Å². The molecule has 6 nitrogen and oxygen atoms in total. The van der Waals surface area contributed by atoms with E-state index in [0.29, 0.717) is 6.42 Å². The number of amidine groups is 1. The summed E-state index contributed by atoms with van der Waals surface area (Å²) in [6, 6.07) is -0.119. The number of oxime groups is 1. The zero-order valence-corrected chi connectivity index (χ0v) is 11.0. The van der Waals surface area contributed by atoms with Crippen molar-refractivity contribution in [1.29, 1.82) is 0 Å². The van der Waals surface area contributed by atoms with Gasteiger partial charge in [-0.15, -0.1) is 0 Å². The minimum absolute atomic E-state index is 0.102. The lowest BCUT2D eigenvalue weighted by molar-refractivity contribution is -0.126. The fraction of sp³-hybridized carbons (Fsp3) is 0.818. The molecule has 0 aromatic carbocycles. The minimum Gasteiger partial charge on any atom is -0.409 e. The summed E-state index contributed by atoms with van der Waals surface area (Å²) in [5, 5.41) is 14.2. The van der Waals surface area contributed by atoms with E-state index in [0.717, 1.165) is 6.42 Å². The summed E-state index contributed by atoms with van der Waals surface area (Å²) >= 11 is 0. The topological polar surface area (TPSA) is 96.9 Å². The number of nitrogens with two attached hydrogens (primary N) is 1. The molecule has 0 heterocycles. The van der Waals surface area contributed by atoms with Gasteiger partial charge in [-0.05, 0) is 20.3 Å². The molecule has 0 aliphatic carbocycles. The van der Waals surface area contributed by atoms with Gasteiger partial charge < -0.3 is 21.0 Å². The summed E-state index contributed by atoms with van der Waals surface area (Å²) in [5.41, 5.74) is 4.92. The molecular formula is C11H23N3O3. The molecule has 0 radical (unpaired) electrons. The summed E-state index contributed by atoms with van der Waals surface area (Å²) in [4.78, 5) is 11.7. The number of hydrogen-bond donors (Lipinski definition) is 3. The Hall–Kier alpha value is -1.30. The van der Waals surface area contributed by atoms with Crippen LogP contribution in [0.2, 0.25) is 0 Å². The lowest BCUT2D eigenvalue weighted by Gasteiger charge is -2.24. The van der Waals surface area contributed by atoms with E-state index < -0.39 is 5.60 Å². The van der Waals surface area contributed by atoms with Gasteiger partial charge >= 0.3 is 0 Å². The van der Waals surface area contributed by atoms with Crippen molar-refractivity contribution in [3.8, 4) is 0 Å². The smallest absolute Gasteiger partial charge is 0.223 e. The van der Waals surface area contributed by atoms with Crippen LogP contribution in [0.15, 0.2) is 5.16 Å². The number of rotatable bonds is 7. The van der Waals surface area contributed by atoms with E-state index in [1.807, 2.05) is 20.8 Å². The predicted octanol–water partition coefficient (Wildman–Crippen LogP) is 0.833. The first-order chi connectivity index (χ1) is 7.84. The van der Waals surface area contributed by atoms with E-state index in [-0.39, 0.29) is 24.2 Å². The Bertz CT molecular complexity index is 277. The van der Waals surface area contributed by atoms with E-state index in [9.17, 15) is 4.79 Å². The van der Waals surface area contributed by atoms with Gasteiger partial charge in [-0.3, -0.25) is 4.79 Å². The first-order valence-corrected chi connectivity index (χ1v) is 5.65. The second-order valence-corrected chi connectivity index (χ2v) is 4.61. The summed E-state index contributed by atoms with van der Waals surface area (Å²) in [6.07, 6.45) is 1.33. The fourth-order valence-electron chi connectivity index (χ4n) is 1.33. The van der Waals surface area contributed by atoms with Crippen molar-refractivity contribution in [2.75, 3.05) is 7.11 Å². The molecule has 0 aliphatic heterocycles. The second-order valence-electron chi connectivity index (χ2n) is 4.61. The third-order valence-corrected chi connectivity index (χ3v) is 2.58. The standard InChI is InChI=1S/C11H23N3O3/c1-5-8(6-9(12)14-16)13-10(15)7-11(2,3)17-4/h8,16H,5-7H2,1-4H3,(H2,12,14)(H,13,15). The Morgan fingerprint density at radius 2 is 2.18 bits per heavy atom. The van der Waals surface area contributed by atoms with Crippen molar-refractivity contribution in [2.45, 2.75) is 51.7 Å². The molecule has 0 aromatic rings. The summed E-state index contributed by atoms with van der Waals surface area (Å²) in [6.45, 7) is 5.62. The van der Waals surface area contributed by atoms with Gasteiger partial charge in [0.15, 0.2) is 0 Å². The Labute approximate surface area is 102 Å². The lowest BCUT2D eigenvalue weighted by Crippen LogP contribution is -2.41. The number of amides is 1. The van der Waals surface area contributed by atoms with E-state index >= 15 is 0 Å². The van der Waals surface area contributed by atoms with Crippen LogP contribution in [0.25, 0.3) is 0 Å². The zero-order valence-electron chi connectivity index (χ0n) is 11.0. The van der Waals surface area contributed by atoms with Crippen LogP contribution in [-0.2, 0) is 9.53 Å². The van der Waals surface area contributed by atoms with E-state index in [1.54, 1.807) is 7.11 Å². The Morgan fingerprint density at radius 1 is 1.59 bits per heavy atom. The van der Waals surface area contributed by atoms with Crippen molar-refractivity contribution in [3.05, 3.63) is 0 Å². The molecular weight excluding hydrogens is 222 g/mol. The molecule has 0 spiro atoms. The Balaban J connectivity index is 4.25. The average molecular weight is 245 g/mol. The Kier molecular flexibility index (Phi) is 6.57. The van der Waals surface area contributed by atoms with Gasteiger partial charge in [-0.25, -0.2) is 0 Å². The molecule has 0 saturated heterocycles. The highest BCUT2D eigenvalue weighted by Gasteiger charge is 2.22. The molecule has 4 N–H and O–H groups in total. The molecule has 1 amide bonds. The molecule has 0 fully saturated rings. The third-order valence-electron chi connectivity index (χ3n) is 2.58. The number of methoxy groups -OCH3 is 1. The largest absolute Gasteiger partial charge is 0.409 e. The second kappa shape index (κ2) is 7.11. The fourth-order valence-corrected chi connectivity index (χ4v) is 1.33. The highest BCUT2D eigenvalue weighted by atomic mass is 16.5. The number of nitrogens with zero attached hydrogens (tertiary/aromatic N) is 1. The maximum absolute atomic E-state index is 11.7. The van der Waals surface area contributed by atoms with Crippen molar-refractivity contribution in [1.82, 2.24) is 5.32 Å². The van der Waals surface area contributed by atoms with Crippen molar-refractivity contribution >= 4 is 11.7 Å². The maximum Gasteiger partial charge on any atom is 0.223 e. The van der Waals surface area contributed by atoms with Gasteiger partial charge in [0.2, 0.25) is 5.91 Å². The normalized spacial score (nSPS) is 14.5. The molecule has 0 saturated carbocycles. The minimum atomic E-state index is -0.487. The van der Waals surface area contributed by atoms with Crippen LogP contribution < -0.4 is 11.1 Å². The highest BCUT2D eigenvalue weighted by molar-refractivity contribution is 5.82. The van der Waals surface area contributed by atoms with Crippen LogP contribution in [-0.4, -0.2) is 35.7 Å². The molecule has 0 aliphatic rings. The average Bonchev–Trinajstić information content (AvgIpc) is 2.27. The molecule has 0 rings (SSSR count). The molecule has 1 unspecified atom stereocenters. The summed E-state index contributed by atoms with van der Waals surface area (Å²) < 4.78 is 5.18. The third kappa shape index (κ3) is 6.78. The quantitative estimate of drug-likeness (QED) is 0.268. The van der Waals surface area contributed by atoms with Crippen LogP contribution in [0, 0.1) is 0 Å². The predicted molar refractivity (Wildman–Crippen MR) is 66.0 cm³/mol. The maximum atomic E-state index is 11.7. The zero-order chi connectivity index (χ0) is 13.5. The van der Waals surface area contributed by atoms with Crippen molar-refractivity contribution in [2.24, 2.45) is 10.9 Å². The van der Waals surface area contributed by atoms with E-state index in [1.165, 1.54) is 0 Å². The molecule has 0 aromatic heterocycles. The first kappa shape index (κ1) is 15.7. The summed E-state index contributed by atoms with van der Waals surface area (Å²) in [7, 11) is 1.57. The van der Waals surface area contributed by atoms with E-state index in [4.69, 9.17) is 15.7 Å². The van der Waals surface area contributed by atoms with Gasteiger partial charge in [0.25, 0.3) is 0 Å². The number of carbonyl (C=O) groups is 1. The molecule has 17 heavy (non-hydrogen) atoms. The molecule has 0 bridgehead atoms.